The minimum atomic E-state index is -0.281. The van der Waals surface area contributed by atoms with Crippen molar-refractivity contribution < 1.29 is 9.53 Å². The first-order valence-corrected chi connectivity index (χ1v) is 10.0. The number of nitrogens with one attached hydrogen (secondary N) is 1. The molecule has 0 bridgehead atoms. The molecule has 1 amide bonds. The number of carbonyl (C=O) groups excluding carboxylic acids is 1. The Morgan fingerprint density at radius 2 is 1.81 bits per heavy atom. The molecule has 1 atom stereocenters. The van der Waals surface area contributed by atoms with Crippen LogP contribution in [0.25, 0.3) is 16.7 Å². The molecule has 5 heteroatoms. The molecule has 0 saturated carbocycles. The van der Waals surface area contributed by atoms with Crippen LogP contribution in [0, 0.1) is 0 Å². The second-order valence-corrected chi connectivity index (χ2v) is 8.63. The number of anilines is 1. The van der Waals surface area contributed by atoms with Crippen LogP contribution in [-0.4, -0.2) is 29.6 Å². The lowest BCUT2D eigenvalue weighted by Gasteiger charge is -2.34. The van der Waals surface area contributed by atoms with Crippen molar-refractivity contribution in [2.45, 2.75) is 31.6 Å². The lowest BCUT2D eigenvalue weighted by Crippen LogP contribution is -2.32. The molecule has 2 aromatic carbocycles. The Labute approximate surface area is 165 Å². The molecule has 1 aliphatic heterocycles. The van der Waals surface area contributed by atoms with Crippen molar-refractivity contribution in [3.05, 3.63) is 54.1 Å². The van der Waals surface area contributed by atoms with Gasteiger partial charge in [0.15, 0.2) is 0 Å². The molecule has 3 rings (SSSR count). The molecule has 1 aliphatic rings. The van der Waals surface area contributed by atoms with Crippen LogP contribution in [-0.2, 0) is 4.79 Å². The molecular formula is C22H26N2O2S. The maximum absolute atomic E-state index is 11.4. The molecule has 0 fully saturated rings. The third kappa shape index (κ3) is 4.14. The first-order chi connectivity index (χ1) is 12.8. The summed E-state index contributed by atoms with van der Waals surface area (Å²) in [4.78, 5) is 11.4. The molecule has 0 aliphatic carbocycles. The lowest BCUT2D eigenvalue weighted by atomic mass is 9.87. The van der Waals surface area contributed by atoms with Gasteiger partial charge in [0.05, 0.1) is 23.6 Å². The predicted octanol–water partition coefficient (Wildman–Crippen LogP) is 4.56. The summed E-state index contributed by atoms with van der Waals surface area (Å²) in [6, 6.07) is 14.3. The number of amides is 1. The number of fused-ring (bicyclic) bond motifs is 1. The maximum atomic E-state index is 11.4. The summed E-state index contributed by atoms with van der Waals surface area (Å²) < 4.78 is 5.58. The van der Waals surface area contributed by atoms with Crippen LogP contribution in [0.5, 0.6) is 5.75 Å². The van der Waals surface area contributed by atoms with E-state index in [4.69, 9.17) is 10.5 Å². The van der Waals surface area contributed by atoms with Gasteiger partial charge in [-0.1, -0.05) is 42.5 Å². The number of hydrogen-bond donors (Lipinski definition) is 2. The smallest absolute Gasteiger partial charge is 0.230 e. The van der Waals surface area contributed by atoms with E-state index in [1.807, 2.05) is 25.1 Å². The number of rotatable bonds is 6. The van der Waals surface area contributed by atoms with Crippen molar-refractivity contribution in [1.82, 2.24) is 0 Å². The largest absolute Gasteiger partial charge is 0.496 e. The highest BCUT2D eigenvalue weighted by Crippen LogP contribution is 2.43. The van der Waals surface area contributed by atoms with Crippen LogP contribution in [0.3, 0.4) is 0 Å². The van der Waals surface area contributed by atoms with Gasteiger partial charge < -0.3 is 15.8 Å². The summed E-state index contributed by atoms with van der Waals surface area (Å²) in [5.74, 6) is 1.30. The third-order valence-electron chi connectivity index (χ3n) is 4.68. The standard InChI is InChI=1S/C22H26N2O2S/c1-14(21(23)25)27-13-15-12-22(2,3)24-20-16(15)9-7-10-18(20)17-8-5-6-11-19(17)26-4/h5-12,14,24H,13H2,1-4H3,(H2,23,25). The van der Waals surface area contributed by atoms with E-state index in [-0.39, 0.29) is 16.7 Å². The van der Waals surface area contributed by atoms with Crippen LogP contribution in [0.1, 0.15) is 26.3 Å². The highest BCUT2D eigenvalue weighted by Gasteiger charge is 2.27. The molecule has 27 heavy (non-hydrogen) atoms. The van der Waals surface area contributed by atoms with E-state index in [0.29, 0.717) is 0 Å². The Hall–Kier alpha value is -2.40. The Morgan fingerprint density at radius 1 is 1.15 bits per heavy atom. The molecule has 0 spiro atoms. The van der Waals surface area contributed by atoms with E-state index in [2.05, 4.69) is 49.5 Å². The quantitative estimate of drug-likeness (QED) is 0.769. The van der Waals surface area contributed by atoms with Gasteiger partial charge in [0.25, 0.3) is 0 Å². The van der Waals surface area contributed by atoms with E-state index < -0.39 is 0 Å². The van der Waals surface area contributed by atoms with Gasteiger partial charge in [-0.25, -0.2) is 0 Å². The minimum absolute atomic E-state index is 0.197. The molecule has 3 N–H and O–H groups in total. The van der Waals surface area contributed by atoms with Crippen molar-refractivity contribution in [1.29, 1.82) is 0 Å². The first kappa shape index (κ1) is 19.4. The average Bonchev–Trinajstić information content (AvgIpc) is 2.64. The van der Waals surface area contributed by atoms with Crippen molar-refractivity contribution in [3.63, 3.8) is 0 Å². The maximum Gasteiger partial charge on any atom is 0.230 e. The van der Waals surface area contributed by atoms with Gasteiger partial charge in [-0.2, -0.15) is 0 Å². The van der Waals surface area contributed by atoms with E-state index >= 15 is 0 Å². The number of primary amides is 1. The number of para-hydroxylation sites is 2. The van der Waals surface area contributed by atoms with Crippen LogP contribution >= 0.6 is 11.8 Å². The predicted molar refractivity (Wildman–Crippen MR) is 115 cm³/mol. The van der Waals surface area contributed by atoms with Crippen LogP contribution in [0.4, 0.5) is 5.69 Å². The number of carbonyl (C=O) groups is 1. The van der Waals surface area contributed by atoms with Crippen molar-refractivity contribution >= 4 is 28.9 Å². The second-order valence-electron chi connectivity index (χ2n) is 7.30. The zero-order valence-corrected chi connectivity index (χ0v) is 17.0. The van der Waals surface area contributed by atoms with Crippen molar-refractivity contribution in [2.24, 2.45) is 5.73 Å². The molecule has 4 nitrogen and oxygen atoms in total. The van der Waals surface area contributed by atoms with Crippen molar-refractivity contribution in [3.8, 4) is 16.9 Å². The molecular weight excluding hydrogens is 356 g/mol. The molecule has 0 radical (unpaired) electrons. The number of thioether (sulfide) groups is 1. The Kier molecular flexibility index (Phi) is 5.51. The normalized spacial score (nSPS) is 15.9. The summed E-state index contributed by atoms with van der Waals surface area (Å²) in [7, 11) is 1.69. The van der Waals surface area contributed by atoms with E-state index in [1.54, 1.807) is 18.9 Å². The van der Waals surface area contributed by atoms with E-state index in [1.165, 1.54) is 5.57 Å². The first-order valence-electron chi connectivity index (χ1n) is 9.00. The summed E-state index contributed by atoms with van der Waals surface area (Å²) >= 11 is 1.57. The molecule has 0 saturated heterocycles. The van der Waals surface area contributed by atoms with Crippen LogP contribution < -0.4 is 15.8 Å². The van der Waals surface area contributed by atoms with Crippen LogP contribution in [0.2, 0.25) is 0 Å². The Bertz CT molecular complexity index is 890. The Balaban J connectivity index is 2.05. The van der Waals surface area contributed by atoms with Gasteiger partial charge in [0.1, 0.15) is 5.75 Å². The van der Waals surface area contributed by atoms with Gasteiger partial charge >= 0.3 is 0 Å². The number of ether oxygens (including phenoxy) is 1. The molecule has 142 valence electrons. The molecule has 2 aromatic rings. The monoisotopic (exact) mass is 382 g/mol. The zero-order chi connectivity index (χ0) is 19.6. The van der Waals surface area contributed by atoms with Crippen molar-refractivity contribution in [2.75, 3.05) is 18.2 Å². The van der Waals surface area contributed by atoms with E-state index in [9.17, 15) is 4.79 Å². The molecule has 1 heterocycles. The minimum Gasteiger partial charge on any atom is -0.496 e. The molecule has 0 aromatic heterocycles. The zero-order valence-electron chi connectivity index (χ0n) is 16.2. The Morgan fingerprint density at radius 3 is 2.52 bits per heavy atom. The lowest BCUT2D eigenvalue weighted by molar-refractivity contribution is -0.117. The molecule has 1 unspecified atom stereocenters. The second kappa shape index (κ2) is 7.69. The van der Waals surface area contributed by atoms with Gasteiger partial charge in [0.2, 0.25) is 5.91 Å². The fraction of sp³-hybridized carbons (Fsp3) is 0.318. The average molecular weight is 383 g/mol. The summed E-state index contributed by atoms with van der Waals surface area (Å²) in [5.41, 5.74) is 10.9. The van der Waals surface area contributed by atoms with Gasteiger partial charge in [-0.05, 0) is 32.4 Å². The van der Waals surface area contributed by atoms with Crippen LogP contribution in [0.15, 0.2) is 48.5 Å². The highest BCUT2D eigenvalue weighted by molar-refractivity contribution is 8.01. The highest BCUT2D eigenvalue weighted by atomic mass is 32.2. The number of benzene rings is 2. The summed E-state index contributed by atoms with van der Waals surface area (Å²) in [6.07, 6.45) is 2.24. The fourth-order valence-corrected chi connectivity index (χ4v) is 4.17. The van der Waals surface area contributed by atoms with Gasteiger partial charge in [-0.3, -0.25) is 4.79 Å². The number of hydrogen-bond acceptors (Lipinski definition) is 4. The fourth-order valence-electron chi connectivity index (χ4n) is 3.33. The van der Waals surface area contributed by atoms with Gasteiger partial charge in [-0.15, -0.1) is 11.8 Å². The third-order valence-corrected chi connectivity index (χ3v) is 5.89. The summed E-state index contributed by atoms with van der Waals surface area (Å²) in [6.45, 7) is 6.15. The van der Waals surface area contributed by atoms with E-state index in [0.717, 1.165) is 33.9 Å². The SMILES string of the molecule is COc1ccccc1-c1cccc2c1NC(C)(C)C=C2CSC(C)C(N)=O. The number of methoxy groups -OCH3 is 1. The van der Waals surface area contributed by atoms with Gasteiger partial charge in [0, 0.05) is 22.4 Å². The topological polar surface area (TPSA) is 64.3 Å². The summed E-state index contributed by atoms with van der Waals surface area (Å²) in [5, 5.41) is 3.44. The number of nitrogens with two attached hydrogens (primary N) is 1.